The van der Waals surface area contributed by atoms with Crippen molar-refractivity contribution < 1.29 is 14.9 Å². The molecule has 1 aliphatic rings. The van der Waals surface area contributed by atoms with E-state index in [2.05, 4.69) is 24.0 Å². The van der Waals surface area contributed by atoms with E-state index >= 15 is 0 Å². The Morgan fingerprint density at radius 1 is 1.12 bits per heavy atom. The van der Waals surface area contributed by atoms with E-state index in [0.29, 0.717) is 13.2 Å². The van der Waals surface area contributed by atoms with Crippen molar-refractivity contribution in [1.82, 2.24) is 4.90 Å². The van der Waals surface area contributed by atoms with Gasteiger partial charge in [0.25, 0.3) is 0 Å². The zero-order chi connectivity index (χ0) is 17.8. The zero-order valence-corrected chi connectivity index (χ0v) is 14.9. The SMILES string of the molecule is CCOc1ccc(CN2C[C@H](c3ccccc3C)[C@@H](O)[C@H]2CO)cc1. The van der Waals surface area contributed by atoms with Crippen molar-refractivity contribution in [1.29, 1.82) is 0 Å². The minimum absolute atomic E-state index is 0.0287. The molecule has 0 radical (unpaired) electrons. The highest BCUT2D eigenvalue weighted by Gasteiger charge is 2.41. The molecule has 0 saturated carbocycles. The normalized spacial score (nSPS) is 23.8. The Bertz CT molecular complexity index is 686. The van der Waals surface area contributed by atoms with Gasteiger partial charge in [-0.3, -0.25) is 4.90 Å². The van der Waals surface area contributed by atoms with Crippen LogP contribution in [0.2, 0.25) is 0 Å². The average Bonchev–Trinajstić information content (AvgIpc) is 2.92. The van der Waals surface area contributed by atoms with Crippen LogP contribution in [0.15, 0.2) is 48.5 Å². The molecule has 4 heteroatoms. The lowest BCUT2D eigenvalue weighted by atomic mass is 9.90. The van der Waals surface area contributed by atoms with Crippen molar-refractivity contribution in [2.75, 3.05) is 19.8 Å². The van der Waals surface area contributed by atoms with Gasteiger partial charge in [-0.2, -0.15) is 0 Å². The van der Waals surface area contributed by atoms with Crippen LogP contribution in [0.4, 0.5) is 0 Å². The lowest BCUT2D eigenvalue weighted by Gasteiger charge is -2.24. The van der Waals surface area contributed by atoms with E-state index in [9.17, 15) is 10.2 Å². The molecule has 4 nitrogen and oxygen atoms in total. The fourth-order valence-electron chi connectivity index (χ4n) is 3.76. The minimum Gasteiger partial charge on any atom is -0.494 e. The molecule has 0 aliphatic carbocycles. The monoisotopic (exact) mass is 341 g/mol. The molecule has 3 rings (SSSR count). The van der Waals surface area contributed by atoms with Crippen LogP contribution < -0.4 is 4.74 Å². The molecule has 0 amide bonds. The third-order valence-corrected chi connectivity index (χ3v) is 5.10. The highest BCUT2D eigenvalue weighted by molar-refractivity contribution is 5.32. The molecule has 1 fully saturated rings. The van der Waals surface area contributed by atoms with E-state index in [1.165, 1.54) is 11.1 Å². The van der Waals surface area contributed by atoms with Gasteiger partial charge in [-0.15, -0.1) is 0 Å². The number of benzene rings is 2. The lowest BCUT2D eigenvalue weighted by molar-refractivity contribution is 0.0640. The van der Waals surface area contributed by atoms with Crippen LogP contribution in [0.1, 0.15) is 29.5 Å². The maximum absolute atomic E-state index is 10.8. The first-order valence-electron chi connectivity index (χ1n) is 8.94. The maximum Gasteiger partial charge on any atom is 0.119 e. The summed E-state index contributed by atoms with van der Waals surface area (Å²) in [5.74, 6) is 0.894. The number of aliphatic hydroxyl groups excluding tert-OH is 2. The highest BCUT2D eigenvalue weighted by Crippen LogP contribution is 2.34. The van der Waals surface area contributed by atoms with Gasteiger partial charge in [-0.25, -0.2) is 0 Å². The number of nitrogens with zero attached hydrogens (tertiary/aromatic N) is 1. The van der Waals surface area contributed by atoms with Crippen LogP contribution >= 0.6 is 0 Å². The van der Waals surface area contributed by atoms with Gasteiger partial charge in [0.15, 0.2) is 0 Å². The predicted molar refractivity (Wildman–Crippen MR) is 98.8 cm³/mol. The Hall–Kier alpha value is -1.88. The van der Waals surface area contributed by atoms with E-state index in [1.54, 1.807) is 0 Å². The second-order valence-electron chi connectivity index (χ2n) is 6.71. The summed E-state index contributed by atoms with van der Waals surface area (Å²) in [4.78, 5) is 2.18. The van der Waals surface area contributed by atoms with Crippen molar-refractivity contribution in [2.45, 2.75) is 38.5 Å². The first-order valence-corrected chi connectivity index (χ1v) is 8.94. The van der Waals surface area contributed by atoms with E-state index < -0.39 is 6.10 Å². The van der Waals surface area contributed by atoms with Crippen LogP contribution in [0.5, 0.6) is 5.75 Å². The van der Waals surface area contributed by atoms with Crippen molar-refractivity contribution in [3.05, 3.63) is 65.2 Å². The molecule has 25 heavy (non-hydrogen) atoms. The first kappa shape index (κ1) is 17.9. The fraction of sp³-hybridized carbons (Fsp3) is 0.429. The summed E-state index contributed by atoms with van der Waals surface area (Å²) in [5, 5.41) is 20.6. The van der Waals surface area contributed by atoms with Gasteiger partial charge in [-0.05, 0) is 42.7 Å². The summed E-state index contributed by atoms with van der Waals surface area (Å²) in [7, 11) is 0. The molecule has 1 saturated heterocycles. The minimum atomic E-state index is -0.561. The van der Waals surface area contributed by atoms with Gasteiger partial charge >= 0.3 is 0 Å². The maximum atomic E-state index is 10.8. The molecule has 0 spiro atoms. The van der Waals surface area contributed by atoms with Gasteiger partial charge < -0.3 is 14.9 Å². The van der Waals surface area contributed by atoms with Crippen LogP contribution in [0, 0.1) is 6.92 Å². The fourth-order valence-corrected chi connectivity index (χ4v) is 3.76. The van der Waals surface area contributed by atoms with Gasteiger partial charge in [0.1, 0.15) is 5.75 Å². The molecule has 3 atom stereocenters. The summed E-state index contributed by atoms with van der Waals surface area (Å²) in [5.41, 5.74) is 3.51. The van der Waals surface area contributed by atoms with Crippen LogP contribution in [0.25, 0.3) is 0 Å². The van der Waals surface area contributed by atoms with Gasteiger partial charge in [0.05, 0.1) is 25.4 Å². The Kier molecular flexibility index (Phi) is 5.74. The number of ether oxygens (including phenoxy) is 1. The number of aryl methyl sites for hydroxylation is 1. The van der Waals surface area contributed by atoms with Crippen molar-refractivity contribution in [3.8, 4) is 5.75 Å². The Labute approximate surface area is 149 Å². The third-order valence-electron chi connectivity index (χ3n) is 5.10. The molecule has 2 aromatic rings. The van der Waals surface area contributed by atoms with Crippen LogP contribution in [0.3, 0.4) is 0 Å². The number of hydrogen-bond acceptors (Lipinski definition) is 4. The topological polar surface area (TPSA) is 52.9 Å². The average molecular weight is 341 g/mol. The summed E-state index contributed by atoms with van der Waals surface area (Å²) in [6.07, 6.45) is -0.561. The summed E-state index contributed by atoms with van der Waals surface area (Å²) >= 11 is 0. The predicted octanol–water partition coefficient (Wildman–Crippen LogP) is 2.71. The Balaban J connectivity index is 1.76. The quantitative estimate of drug-likeness (QED) is 0.848. The zero-order valence-electron chi connectivity index (χ0n) is 14.9. The second kappa shape index (κ2) is 8.00. The van der Waals surface area contributed by atoms with Crippen LogP contribution in [-0.4, -0.2) is 47.0 Å². The number of likely N-dealkylation sites (tertiary alicyclic amines) is 1. The van der Waals surface area contributed by atoms with Crippen molar-refractivity contribution in [3.63, 3.8) is 0 Å². The largest absolute Gasteiger partial charge is 0.494 e. The third kappa shape index (κ3) is 3.87. The van der Waals surface area contributed by atoms with Gasteiger partial charge in [-0.1, -0.05) is 36.4 Å². The van der Waals surface area contributed by atoms with Crippen LogP contribution in [-0.2, 0) is 6.54 Å². The number of aliphatic hydroxyl groups is 2. The molecule has 1 heterocycles. The van der Waals surface area contributed by atoms with Gasteiger partial charge in [0.2, 0.25) is 0 Å². The molecular weight excluding hydrogens is 314 g/mol. The summed E-state index contributed by atoms with van der Waals surface area (Å²) in [6, 6.07) is 16.0. The molecule has 134 valence electrons. The standard InChI is InChI=1S/C21H27NO3/c1-3-25-17-10-8-16(9-11-17)12-22-13-19(21(24)20(22)14-23)18-7-5-4-6-15(18)2/h4-11,19-21,23-24H,3,12-14H2,1-2H3/t19-,20-,21-/m1/s1. The second-order valence-corrected chi connectivity index (χ2v) is 6.71. The lowest BCUT2D eigenvalue weighted by Crippen LogP contribution is -2.38. The number of hydrogen-bond donors (Lipinski definition) is 2. The van der Waals surface area contributed by atoms with Crippen molar-refractivity contribution in [2.24, 2.45) is 0 Å². The Morgan fingerprint density at radius 2 is 1.84 bits per heavy atom. The van der Waals surface area contributed by atoms with E-state index in [4.69, 9.17) is 4.74 Å². The molecule has 0 unspecified atom stereocenters. The highest BCUT2D eigenvalue weighted by atomic mass is 16.5. The molecule has 0 aromatic heterocycles. The molecular formula is C21H27NO3. The smallest absolute Gasteiger partial charge is 0.119 e. The molecule has 2 aromatic carbocycles. The molecule has 2 N–H and O–H groups in total. The molecule has 1 aliphatic heterocycles. The summed E-state index contributed by atoms with van der Waals surface area (Å²) in [6.45, 7) is 6.10. The van der Waals surface area contributed by atoms with Crippen molar-refractivity contribution >= 4 is 0 Å². The van der Waals surface area contributed by atoms with E-state index in [-0.39, 0.29) is 18.6 Å². The first-order chi connectivity index (χ1) is 12.1. The van der Waals surface area contributed by atoms with Gasteiger partial charge in [0, 0.05) is 19.0 Å². The number of rotatable bonds is 6. The van der Waals surface area contributed by atoms with E-state index in [1.807, 2.05) is 43.3 Å². The molecule has 0 bridgehead atoms. The summed E-state index contributed by atoms with van der Waals surface area (Å²) < 4.78 is 5.48. The van der Waals surface area contributed by atoms with E-state index in [0.717, 1.165) is 17.9 Å². The Morgan fingerprint density at radius 3 is 2.48 bits per heavy atom.